The molecule has 76 heavy (non-hydrogen) atoms. The van der Waals surface area contributed by atoms with Gasteiger partial charge in [-0.15, -0.1) is 11.3 Å². The third kappa shape index (κ3) is 11.4. The number of aromatic nitrogens is 6. The fraction of sp³-hybridized carbons (Fsp3) is 0.365. The molecule has 2 aliphatic heterocycles. The highest BCUT2D eigenvalue weighted by Gasteiger charge is 2.43. The molecule has 0 bridgehead atoms. The lowest BCUT2D eigenvalue weighted by molar-refractivity contribution is -0.0882. The van der Waals surface area contributed by atoms with Crippen LogP contribution in [0.5, 0.6) is 0 Å². The van der Waals surface area contributed by atoms with Crippen molar-refractivity contribution in [2.24, 2.45) is 0 Å². The van der Waals surface area contributed by atoms with Crippen molar-refractivity contribution in [3.05, 3.63) is 130 Å². The molecule has 15 nitrogen and oxygen atoms in total. The minimum Gasteiger partial charge on any atom is -0.305 e. The Labute approximate surface area is 445 Å². The minimum atomic E-state index is -5.11. The smallest absolute Gasteiger partial charge is 0.305 e. The van der Waals surface area contributed by atoms with Crippen LogP contribution in [0.25, 0.3) is 33.8 Å². The highest BCUT2D eigenvalue weighted by atomic mass is 32.2. The number of aryl methyl sites for hydroxylation is 2. The summed E-state index contributed by atoms with van der Waals surface area (Å²) in [5.41, 5.74) is 7.02. The number of rotatable bonds is 13. The van der Waals surface area contributed by atoms with E-state index in [4.69, 9.17) is 15.0 Å². The molecule has 0 atom stereocenters. The first-order chi connectivity index (χ1) is 36.0. The fourth-order valence-electron chi connectivity index (χ4n) is 9.80. The summed E-state index contributed by atoms with van der Waals surface area (Å²) >= 11 is 2.15. The van der Waals surface area contributed by atoms with Gasteiger partial charge >= 0.3 is 6.18 Å². The van der Waals surface area contributed by atoms with Gasteiger partial charge < -0.3 is 9.80 Å². The number of thiazole rings is 2. The second kappa shape index (κ2) is 21.7. The highest BCUT2D eigenvalue weighted by Crippen LogP contribution is 2.41. The van der Waals surface area contributed by atoms with Crippen molar-refractivity contribution < 1.29 is 43.6 Å². The predicted octanol–water partition coefficient (Wildman–Crippen LogP) is 10.9. The van der Waals surface area contributed by atoms with Crippen molar-refractivity contribution >= 4 is 81.7 Å². The van der Waals surface area contributed by atoms with E-state index in [0.717, 1.165) is 70.5 Å². The summed E-state index contributed by atoms with van der Waals surface area (Å²) in [7, 11) is -2.77. The van der Waals surface area contributed by atoms with Crippen LogP contribution in [0.2, 0.25) is 0 Å². The number of hydrogen-bond acceptors (Lipinski definition) is 13. The number of halogens is 5. The van der Waals surface area contributed by atoms with E-state index in [1.165, 1.54) is 58.0 Å². The lowest BCUT2D eigenvalue weighted by Crippen LogP contribution is -2.37. The zero-order valence-corrected chi connectivity index (χ0v) is 45.7. The van der Waals surface area contributed by atoms with Crippen LogP contribution in [-0.4, -0.2) is 119 Å². The summed E-state index contributed by atoms with van der Waals surface area (Å²) in [5.74, 6) is -0.887. The Morgan fingerprint density at radius 3 is 1.49 bits per heavy atom. The summed E-state index contributed by atoms with van der Waals surface area (Å²) in [4.78, 5) is 34.3. The van der Waals surface area contributed by atoms with Gasteiger partial charge in [-0.25, -0.2) is 54.2 Å². The van der Waals surface area contributed by atoms with Gasteiger partial charge in [0.05, 0.1) is 35.3 Å². The van der Waals surface area contributed by atoms with Crippen LogP contribution >= 0.6 is 22.7 Å². The van der Waals surface area contributed by atoms with E-state index in [1.54, 1.807) is 28.4 Å². The van der Waals surface area contributed by atoms with Crippen molar-refractivity contribution in [1.29, 1.82) is 0 Å². The molecule has 0 saturated carbocycles. The number of imidazole rings is 2. The molecule has 2 saturated heterocycles. The number of Topliss-reactive ketones (excluding diaryl/α,β-unsaturated/α-hetero) is 1. The first-order valence-corrected chi connectivity index (χ1v) is 29.9. The number of sulfonamides is 2. The molecule has 8 heterocycles. The molecule has 2 aromatic carbocycles. The number of anilines is 4. The van der Waals surface area contributed by atoms with E-state index < -0.39 is 42.7 Å². The Balaban J connectivity index is 0.000000188. The zero-order chi connectivity index (χ0) is 54.4. The van der Waals surface area contributed by atoms with Crippen LogP contribution < -0.4 is 9.80 Å². The number of fused-ring (bicyclic) bond motifs is 2. The van der Waals surface area contributed by atoms with Crippen molar-refractivity contribution in [1.82, 2.24) is 37.3 Å². The normalized spacial score (nSPS) is 15.6. The second-order valence-corrected chi connectivity index (χ2v) is 24.7. The fourth-order valence-corrected chi connectivity index (χ4v) is 13.4. The Kier molecular flexibility index (Phi) is 15.6. The SMILES string of the molecule is CCc1nc2ccc(C3CCN(S(C)(=O)=O)CC3)cn2c1N(C)c1nc(-c2ccc(F)cc2)c(C(=O)C(F)(F)F)s1.CCc1nc2ccc(C3CCN(S(C)(=O)=O)CC3)cn2c1N(C)c1nc(-c2ccc(F)cc2)cs1. The molecule has 0 amide bonds. The number of alkyl halides is 3. The maximum atomic E-state index is 13.5. The molecule has 24 heteroatoms. The molecule has 10 rings (SSSR count). The van der Waals surface area contributed by atoms with E-state index in [0.29, 0.717) is 79.9 Å². The third-order valence-corrected chi connectivity index (χ3v) is 18.5. The van der Waals surface area contributed by atoms with Crippen molar-refractivity contribution in [2.75, 3.05) is 62.6 Å². The van der Waals surface area contributed by atoms with Crippen molar-refractivity contribution in [3.8, 4) is 22.5 Å². The molecule has 8 aromatic rings. The van der Waals surface area contributed by atoms with Crippen molar-refractivity contribution in [3.63, 3.8) is 0 Å². The molecule has 402 valence electrons. The topological polar surface area (TPSA) is 159 Å². The summed E-state index contributed by atoms with van der Waals surface area (Å²) < 4.78 is 122. The molecule has 0 N–H and O–H groups in total. The van der Waals surface area contributed by atoms with E-state index in [9.17, 15) is 43.6 Å². The number of carbonyl (C=O) groups excluding carboxylic acids is 1. The maximum absolute atomic E-state index is 13.5. The van der Waals surface area contributed by atoms with Gasteiger partial charge in [0.15, 0.2) is 10.3 Å². The number of benzene rings is 2. The zero-order valence-electron chi connectivity index (χ0n) is 42.4. The highest BCUT2D eigenvalue weighted by molar-refractivity contribution is 7.88. The summed E-state index contributed by atoms with van der Waals surface area (Å²) in [6.45, 7) is 5.92. The molecule has 2 fully saturated rings. The molecular weight excluding hydrogens is 1070 g/mol. The lowest BCUT2D eigenvalue weighted by Gasteiger charge is -2.30. The van der Waals surface area contributed by atoms with E-state index in [-0.39, 0.29) is 28.1 Å². The standard InChI is InChI=1S/C27H27F4N5O3S2.C25H28FN5O2S2/c1-4-20-25(36-15-18(7-10-21(36)32-20)16-11-13-35(14-12-16)41(3,38)39)34(2)26-33-22(17-5-8-19(28)9-6-17)23(40-26)24(37)27(29,30)31;1-4-21-24(29(2)25-28-22(16-34-25)18-5-8-20(26)9-6-18)31-15-19(7-10-23(31)27-21)17-11-13-30(14-12-17)35(3,32)33/h5-10,15-16H,4,11-14H2,1-3H3;5-10,15-17H,4,11-14H2,1-3H3. The Bertz CT molecular complexity index is 3640. The van der Waals surface area contributed by atoms with Crippen LogP contribution in [0.1, 0.15) is 83.6 Å². The quantitative estimate of drug-likeness (QED) is 0.0799. The van der Waals surface area contributed by atoms with Gasteiger partial charge in [-0.3, -0.25) is 13.6 Å². The van der Waals surface area contributed by atoms with Gasteiger partial charge in [0.2, 0.25) is 20.0 Å². The summed E-state index contributed by atoms with van der Waals surface area (Å²) in [6.07, 6.45) is 5.62. The lowest BCUT2D eigenvalue weighted by atomic mass is 9.91. The van der Waals surface area contributed by atoms with Gasteiger partial charge in [0.25, 0.3) is 5.78 Å². The molecular formula is C52H55F5N10O5S4. The molecule has 0 aliphatic carbocycles. The molecule has 2 aliphatic rings. The van der Waals surface area contributed by atoms with Gasteiger partial charge in [-0.1, -0.05) is 37.3 Å². The Hall–Kier alpha value is -6.18. The number of ketones is 1. The van der Waals surface area contributed by atoms with Gasteiger partial charge in [0.1, 0.15) is 39.4 Å². The number of piperidine rings is 2. The van der Waals surface area contributed by atoms with Crippen molar-refractivity contribution in [2.45, 2.75) is 70.4 Å². The number of carbonyl (C=O) groups is 1. The minimum absolute atomic E-state index is 0.115. The van der Waals surface area contributed by atoms with Crippen LogP contribution in [-0.2, 0) is 32.9 Å². The maximum Gasteiger partial charge on any atom is 0.455 e. The molecule has 0 radical (unpaired) electrons. The monoisotopic (exact) mass is 1120 g/mol. The number of nitrogens with zero attached hydrogens (tertiary/aromatic N) is 10. The molecule has 0 unspecified atom stereocenters. The average Bonchev–Trinajstić information content (AvgIpc) is 4.24. The van der Waals surface area contributed by atoms with E-state index >= 15 is 0 Å². The van der Waals surface area contributed by atoms with Gasteiger partial charge in [0, 0.05) is 69.2 Å². The van der Waals surface area contributed by atoms with Crippen LogP contribution in [0.15, 0.2) is 90.6 Å². The number of pyridine rings is 2. The first kappa shape index (κ1) is 54.6. The van der Waals surface area contributed by atoms with E-state index in [2.05, 4.69) is 33.5 Å². The summed E-state index contributed by atoms with van der Waals surface area (Å²) in [5, 5.41) is 2.95. The third-order valence-electron chi connectivity index (χ3n) is 13.9. The second-order valence-electron chi connectivity index (χ2n) is 18.9. The van der Waals surface area contributed by atoms with Gasteiger partial charge in [-0.05, 0) is 122 Å². The summed E-state index contributed by atoms with van der Waals surface area (Å²) in [6, 6.07) is 19.1. The largest absolute Gasteiger partial charge is 0.455 e. The van der Waals surface area contributed by atoms with Crippen LogP contribution in [0.3, 0.4) is 0 Å². The molecule has 0 spiro atoms. The van der Waals surface area contributed by atoms with Crippen LogP contribution in [0, 0.1) is 11.6 Å². The first-order valence-electron chi connectivity index (χ1n) is 24.5. The van der Waals surface area contributed by atoms with Gasteiger partial charge in [-0.2, -0.15) is 13.2 Å². The predicted molar refractivity (Wildman–Crippen MR) is 287 cm³/mol. The Morgan fingerprint density at radius 1 is 0.632 bits per heavy atom. The molecule has 6 aromatic heterocycles. The average molecular weight is 1120 g/mol. The van der Waals surface area contributed by atoms with Crippen LogP contribution in [0.4, 0.5) is 43.9 Å². The Morgan fingerprint density at radius 2 is 1.07 bits per heavy atom. The number of hydrogen-bond donors (Lipinski definition) is 0. The van der Waals surface area contributed by atoms with E-state index in [1.807, 2.05) is 48.1 Å².